The lowest BCUT2D eigenvalue weighted by Crippen LogP contribution is -2.25. The van der Waals surface area contributed by atoms with Crippen LogP contribution in [0.2, 0.25) is 0 Å². The van der Waals surface area contributed by atoms with Gasteiger partial charge in [0, 0.05) is 45.5 Å². The largest absolute Gasteiger partial charge is 0.308 e. The minimum Gasteiger partial charge on any atom is -0.308 e. The first-order valence-corrected chi connectivity index (χ1v) is 23.5. The zero-order valence-corrected chi connectivity index (χ0v) is 40.7. The van der Waals surface area contributed by atoms with Crippen LogP contribution in [0.15, 0.2) is 194 Å². The van der Waals surface area contributed by atoms with Crippen LogP contribution in [0.5, 0.6) is 0 Å². The van der Waals surface area contributed by atoms with Crippen molar-refractivity contribution in [2.45, 2.75) is 0 Å². The van der Waals surface area contributed by atoms with Gasteiger partial charge < -0.3 is 19.6 Å². The highest BCUT2D eigenvalue weighted by Gasteiger charge is 2.39. The van der Waals surface area contributed by atoms with E-state index in [9.17, 15) is 52.6 Å². The molecule has 0 aliphatic rings. The van der Waals surface area contributed by atoms with Crippen molar-refractivity contribution in [2.75, 3.05) is 19.6 Å². The molecule has 14 nitrogen and oxygen atoms in total. The van der Waals surface area contributed by atoms with Gasteiger partial charge in [0.2, 0.25) is 0 Å². The van der Waals surface area contributed by atoms with Crippen LogP contribution in [0.3, 0.4) is 0 Å². The van der Waals surface area contributed by atoms with Crippen molar-refractivity contribution in [3.63, 3.8) is 0 Å². The van der Waals surface area contributed by atoms with E-state index in [-0.39, 0.29) is 33.9 Å². The van der Waals surface area contributed by atoms with Crippen LogP contribution in [0.25, 0.3) is 0 Å². The minimum absolute atomic E-state index is 0.0161. The molecule has 0 N–H and O–H groups in total. The van der Waals surface area contributed by atoms with Crippen LogP contribution >= 0.6 is 0 Å². The van der Waals surface area contributed by atoms with E-state index >= 15 is 0 Å². The van der Waals surface area contributed by atoms with Crippen molar-refractivity contribution >= 4 is 68.2 Å². The Bertz CT molecular complexity index is 3830. The van der Waals surface area contributed by atoms with E-state index in [0.29, 0.717) is 90.0 Å². The van der Waals surface area contributed by atoms with Gasteiger partial charge in [-0.2, -0.15) is 52.6 Å². The zero-order valence-electron chi connectivity index (χ0n) is 40.7. The standard InChI is InChI=1S/C64H32N14/c65-33-43-1-17-51(18-2-43)75(52-19-3-44(34-66)4-20-52)61-59(41-73)62(76(53-21-5-45(35-67)6-22-53)54-23-7-46(36-68)8-24-54)64(78(57-29-13-49(39-71)14-30-57)58-31-15-50(40-72)16-32-58)63(60(61)42-74)77(55-25-9-47(37-69)10-26-55)56-27-11-48(38-70)12-28-56/h1-32H. The average molecular weight is 997 g/mol. The van der Waals surface area contributed by atoms with Gasteiger partial charge in [0.15, 0.2) is 0 Å². The van der Waals surface area contributed by atoms with E-state index in [1.807, 2.05) is 0 Å². The van der Waals surface area contributed by atoms with Gasteiger partial charge in [0.1, 0.15) is 23.3 Å². The molecule has 0 atom stereocenters. The highest BCUT2D eigenvalue weighted by molar-refractivity contribution is 6.10. The summed E-state index contributed by atoms with van der Waals surface area (Å²) >= 11 is 0. The summed E-state index contributed by atoms with van der Waals surface area (Å²) in [5, 5.41) is 105. The molecule has 9 aromatic carbocycles. The van der Waals surface area contributed by atoms with Crippen molar-refractivity contribution in [3.8, 4) is 60.7 Å². The van der Waals surface area contributed by atoms with E-state index in [4.69, 9.17) is 0 Å². The van der Waals surface area contributed by atoms with Gasteiger partial charge in [0.25, 0.3) is 0 Å². The zero-order chi connectivity index (χ0) is 54.7. The third kappa shape index (κ3) is 9.61. The van der Waals surface area contributed by atoms with E-state index in [0.717, 1.165) is 0 Å². The molecule has 0 fully saturated rings. The van der Waals surface area contributed by atoms with Gasteiger partial charge in [0.05, 0.1) is 116 Å². The van der Waals surface area contributed by atoms with E-state index in [1.165, 1.54) is 0 Å². The first-order chi connectivity index (χ1) is 38.2. The first-order valence-electron chi connectivity index (χ1n) is 23.5. The molecule has 0 bridgehead atoms. The molecule has 14 heteroatoms. The van der Waals surface area contributed by atoms with Gasteiger partial charge in [-0.25, -0.2) is 0 Å². The molecule has 78 heavy (non-hydrogen) atoms. The highest BCUT2D eigenvalue weighted by atomic mass is 15.3. The molecule has 0 amide bonds. The van der Waals surface area contributed by atoms with E-state index < -0.39 is 0 Å². The maximum atomic E-state index is 12.3. The molecule has 9 rings (SSSR count). The molecular weight excluding hydrogens is 965 g/mol. The van der Waals surface area contributed by atoms with Crippen LogP contribution in [0, 0.1) is 113 Å². The van der Waals surface area contributed by atoms with E-state index in [1.54, 1.807) is 214 Å². The second-order valence-corrected chi connectivity index (χ2v) is 17.0. The summed E-state index contributed by atoms with van der Waals surface area (Å²) in [4.78, 5) is 7.04. The summed E-state index contributed by atoms with van der Waals surface area (Å²) in [5.74, 6) is 0. The van der Waals surface area contributed by atoms with Gasteiger partial charge in [-0.1, -0.05) is 0 Å². The second kappa shape index (κ2) is 22.2. The van der Waals surface area contributed by atoms with Gasteiger partial charge >= 0.3 is 0 Å². The highest BCUT2D eigenvalue weighted by Crippen LogP contribution is 2.60. The number of nitriles is 10. The van der Waals surface area contributed by atoms with Crippen LogP contribution in [-0.4, -0.2) is 0 Å². The summed E-state index contributed by atoms with van der Waals surface area (Å²) in [7, 11) is 0. The first kappa shape index (κ1) is 50.0. The van der Waals surface area contributed by atoms with Gasteiger partial charge in [-0.15, -0.1) is 0 Å². The molecule has 9 aromatic rings. The molecule has 0 saturated heterocycles. The number of hydrogen-bond donors (Lipinski definition) is 0. The molecule has 0 aromatic heterocycles. The fourth-order valence-electron chi connectivity index (χ4n) is 8.89. The molecule has 0 aliphatic carbocycles. The monoisotopic (exact) mass is 996 g/mol. The Kier molecular flexibility index (Phi) is 14.3. The number of benzene rings is 9. The Morgan fingerprint density at radius 3 is 0.449 bits per heavy atom. The molecule has 0 heterocycles. The molecule has 0 spiro atoms. The Morgan fingerprint density at radius 1 is 0.167 bits per heavy atom. The van der Waals surface area contributed by atoms with Crippen LogP contribution < -0.4 is 19.6 Å². The summed E-state index contributed by atoms with van der Waals surface area (Å²) < 4.78 is 0. The minimum atomic E-state index is -0.111. The number of nitrogens with zero attached hydrogens (tertiary/aromatic N) is 14. The fourth-order valence-corrected chi connectivity index (χ4v) is 8.89. The average Bonchev–Trinajstić information content (AvgIpc) is 3.46. The SMILES string of the molecule is N#Cc1ccc(N(c2ccc(C#N)cc2)c2c(C#N)c(N(c3ccc(C#N)cc3)c3ccc(C#N)cc3)c(N(c3ccc(C#N)cc3)c3ccc(C#N)cc3)c(N(c3ccc(C#N)cc3)c3ccc(C#N)cc3)c2C#N)cc1. The van der Waals surface area contributed by atoms with Crippen molar-refractivity contribution in [3.05, 3.63) is 250 Å². The van der Waals surface area contributed by atoms with Gasteiger partial charge in [-0.05, 0) is 194 Å². The van der Waals surface area contributed by atoms with Crippen molar-refractivity contribution in [2.24, 2.45) is 0 Å². The second-order valence-electron chi connectivity index (χ2n) is 17.0. The lowest BCUT2D eigenvalue weighted by molar-refractivity contribution is 1.16. The third-order valence-corrected chi connectivity index (χ3v) is 12.6. The predicted molar refractivity (Wildman–Crippen MR) is 292 cm³/mol. The Balaban J connectivity index is 1.63. The number of rotatable bonds is 12. The lowest BCUT2D eigenvalue weighted by Gasteiger charge is -2.40. The fraction of sp³-hybridized carbons (Fsp3) is 0. The molecule has 0 aliphatic heterocycles. The van der Waals surface area contributed by atoms with Crippen molar-refractivity contribution in [1.29, 1.82) is 52.6 Å². The summed E-state index contributed by atoms with van der Waals surface area (Å²) in [6.07, 6.45) is 0. The molecule has 358 valence electrons. The maximum absolute atomic E-state index is 12.3. The Morgan fingerprint density at radius 2 is 0.308 bits per heavy atom. The summed E-state index contributed by atoms with van der Waals surface area (Å²) in [6.45, 7) is 0. The summed E-state index contributed by atoms with van der Waals surface area (Å²) in [5.41, 5.74) is 5.95. The molecule has 0 saturated carbocycles. The smallest absolute Gasteiger partial charge is 0.104 e. The molecular formula is C64H32N14. The van der Waals surface area contributed by atoms with Crippen molar-refractivity contribution < 1.29 is 0 Å². The number of hydrogen-bond acceptors (Lipinski definition) is 14. The van der Waals surface area contributed by atoms with Crippen molar-refractivity contribution in [1.82, 2.24) is 0 Å². The maximum Gasteiger partial charge on any atom is 0.104 e. The van der Waals surface area contributed by atoms with Crippen LogP contribution in [0.1, 0.15) is 55.6 Å². The van der Waals surface area contributed by atoms with Crippen LogP contribution in [-0.2, 0) is 0 Å². The van der Waals surface area contributed by atoms with E-state index in [2.05, 4.69) is 60.7 Å². The molecule has 0 radical (unpaired) electrons. The van der Waals surface area contributed by atoms with Gasteiger partial charge in [-0.3, -0.25) is 0 Å². The third-order valence-electron chi connectivity index (χ3n) is 12.6. The topological polar surface area (TPSA) is 251 Å². The Labute approximate surface area is 449 Å². The quantitative estimate of drug-likeness (QED) is 0.110. The van der Waals surface area contributed by atoms with Crippen LogP contribution in [0.4, 0.5) is 68.2 Å². The predicted octanol–water partition coefficient (Wildman–Crippen LogP) is 14.3. The normalized spacial score (nSPS) is 9.92. The lowest BCUT2D eigenvalue weighted by atomic mass is 9.94. The summed E-state index contributed by atoms with van der Waals surface area (Å²) in [6, 6.07) is 75.3. The number of anilines is 12. The Hall–Kier alpha value is -12.9. The molecule has 0 unspecified atom stereocenters.